The first-order valence-electron chi connectivity index (χ1n) is 11.1. The molecule has 3 aromatic heterocycles. The zero-order valence-corrected chi connectivity index (χ0v) is 19.5. The standard InChI is InChI=1S/C23H31N3O5S/c1-15-5-6-18-19(10-15)32-23-21(18)22(28)24-20(25-23)12-26(7-9-29-2)11-16(27)13-30-14-17-4-3-8-31-17/h3-4,8,15-16,27H,5-7,9-14H2,1-2H3,(H,24,25,28). The topological polar surface area (TPSA) is 101 Å². The molecule has 0 aliphatic heterocycles. The summed E-state index contributed by atoms with van der Waals surface area (Å²) in [6, 6.07) is 3.63. The molecule has 0 amide bonds. The Hall–Kier alpha value is -2.04. The number of aryl methyl sites for hydroxylation is 1. The van der Waals surface area contributed by atoms with Gasteiger partial charge in [0, 0.05) is 25.1 Å². The number of furan rings is 1. The van der Waals surface area contributed by atoms with Crippen molar-refractivity contribution in [2.24, 2.45) is 5.92 Å². The molecule has 1 aliphatic carbocycles. The zero-order chi connectivity index (χ0) is 22.5. The van der Waals surface area contributed by atoms with Crippen LogP contribution < -0.4 is 5.56 Å². The molecule has 2 atom stereocenters. The van der Waals surface area contributed by atoms with Crippen LogP contribution in [0.1, 0.15) is 35.4 Å². The van der Waals surface area contributed by atoms with Crippen LogP contribution in [0.15, 0.2) is 27.6 Å². The molecule has 2 unspecified atom stereocenters. The van der Waals surface area contributed by atoms with Crippen LogP contribution in [0.2, 0.25) is 0 Å². The summed E-state index contributed by atoms with van der Waals surface area (Å²) in [6.45, 7) is 4.67. The van der Waals surface area contributed by atoms with E-state index in [2.05, 4.69) is 11.9 Å². The third-order valence-corrected chi connectivity index (χ3v) is 6.95. The van der Waals surface area contributed by atoms with Gasteiger partial charge in [0.05, 0.1) is 37.5 Å². The van der Waals surface area contributed by atoms with Crippen LogP contribution in [0.25, 0.3) is 10.2 Å². The molecule has 0 spiro atoms. The van der Waals surface area contributed by atoms with Gasteiger partial charge in [0.1, 0.15) is 23.0 Å². The van der Waals surface area contributed by atoms with E-state index in [9.17, 15) is 9.90 Å². The number of aromatic amines is 1. The van der Waals surface area contributed by atoms with Crippen molar-refractivity contribution >= 4 is 21.6 Å². The van der Waals surface area contributed by atoms with Crippen molar-refractivity contribution in [1.29, 1.82) is 0 Å². The largest absolute Gasteiger partial charge is 0.467 e. The number of H-pyrrole nitrogens is 1. The number of hydrogen-bond donors (Lipinski definition) is 2. The highest BCUT2D eigenvalue weighted by atomic mass is 32.1. The van der Waals surface area contributed by atoms with Crippen molar-refractivity contribution in [3.8, 4) is 0 Å². The molecule has 8 nitrogen and oxygen atoms in total. The fourth-order valence-corrected chi connectivity index (χ4v) is 5.58. The predicted octanol–water partition coefficient (Wildman–Crippen LogP) is 2.73. The molecule has 0 fully saturated rings. The Morgan fingerprint density at radius 2 is 2.34 bits per heavy atom. The third-order valence-electron chi connectivity index (χ3n) is 5.80. The monoisotopic (exact) mass is 461 g/mol. The Balaban J connectivity index is 1.42. The summed E-state index contributed by atoms with van der Waals surface area (Å²) in [5, 5.41) is 11.2. The number of aliphatic hydroxyl groups excluding tert-OH is 1. The van der Waals surface area contributed by atoms with Crippen LogP contribution >= 0.6 is 11.3 Å². The number of methoxy groups -OCH3 is 1. The second-order valence-electron chi connectivity index (χ2n) is 8.52. The molecule has 0 saturated carbocycles. The van der Waals surface area contributed by atoms with E-state index >= 15 is 0 Å². The molecule has 3 aromatic rings. The lowest BCUT2D eigenvalue weighted by Gasteiger charge is -2.24. The van der Waals surface area contributed by atoms with Gasteiger partial charge in [-0.25, -0.2) is 4.98 Å². The number of hydrogen-bond acceptors (Lipinski definition) is 8. The molecule has 4 rings (SSSR count). The minimum atomic E-state index is -0.687. The lowest BCUT2D eigenvalue weighted by atomic mass is 9.89. The number of nitrogens with one attached hydrogen (secondary N) is 1. The van der Waals surface area contributed by atoms with E-state index in [0.29, 0.717) is 44.6 Å². The molecule has 1 aliphatic rings. The minimum absolute atomic E-state index is 0.0638. The van der Waals surface area contributed by atoms with E-state index in [0.717, 1.165) is 35.2 Å². The fraction of sp³-hybridized carbons (Fsp3) is 0.565. The summed E-state index contributed by atoms with van der Waals surface area (Å²) in [4.78, 5) is 24.8. The highest BCUT2D eigenvalue weighted by molar-refractivity contribution is 7.18. The van der Waals surface area contributed by atoms with Gasteiger partial charge in [0.25, 0.3) is 5.56 Å². The van der Waals surface area contributed by atoms with Crippen molar-refractivity contribution in [3.63, 3.8) is 0 Å². The first-order chi connectivity index (χ1) is 15.5. The summed E-state index contributed by atoms with van der Waals surface area (Å²) in [5.41, 5.74) is 1.12. The van der Waals surface area contributed by atoms with Gasteiger partial charge in [-0.05, 0) is 42.9 Å². The fourth-order valence-electron chi connectivity index (χ4n) is 4.18. The van der Waals surface area contributed by atoms with E-state index in [1.165, 1.54) is 10.4 Å². The molecule has 0 aromatic carbocycles. The van der Waals surface area contributed by atoms with Gasteiger partial charge < -0.3 is 24.0 Å². The van der Waals surface area contributed by atoms with Gasteiger partial charge in [-0.15, -0.1) is 11.3 Å². The van der Waals surface area contributed by atoms with E-state index in [1.54, 1.807) is 30.8 Å². The summed E-state index contributed by atoms with van der Waals surface area (Å²) in [5.74, 6) is 1.97. The quantitative estimate of drug-likeness (QED) is 0.453. The second-order valence-corrected chi connectivity index (χ2v) is 9.60. The highest BCUT2D eigenvalue weighted by Crippen LogP contribution is 2.35. The van der Waals surface area contributed by atoms with Gasteiger partial charge in [0.15, 0.2) is 0 Å². The van der Waals surface area contributed by atoms with Crippen LogP contribution in [-0.4, -0.2) is 59.5 Å². The van der Waals surface area contributed by atoms with Crippen LogP contribution in [0.3, 0.4) is 0 Å². The Morgan fingerprint density at radius 3 is 3.12 bits per heavy atom. The molecular formula is C23H31N3O5S. The molecule has 3 heterocycles. The van der Waals surface area contributed by atoms with Gasteiger partial charge in [0.2, 0.25) is 0 Å². The highest BCUT2D eigenvalue weighted by Gasteiger charge is 2.23. The van der Waals surface area contributed by atoms with Crippen LogP contribution in [0.4, 0.5) is 0 Å². The van der Waals surface area contributed by atoms with Crippen molar-refractivity contribution in [3.05, 3.63) is 50.8 Å². The first kappa shape index (κ1) is 23.1. The number of ether oxygens (including phenoxy) is 2. The van der Waals surface area contributed by atoms with E-state index in [-0.39, 0.29) is 12.2 Å². The van der Waals surface area contributed by atoms with Crippen molar-refractivity contribution in [1.82, 2.24) is 14.9 Å². The van der Waals surface area contributed by atoms with Gasteiger partial charge >= 0.3 is 0 Å². The maximum absolute atomic E-state index is 12.9. The van der Waals surface area contributed by atoms with Crippen LogP contribution in [-0.2, 0) is 35.5 Å². The Labute approximate surface area is 191 Å². The van der Waals surface area contributed by atoms with Crippen molar-refractivity contribution in [2.75, 3.05) is 33.4 Å². The Morgan fingerprint density at radius 1 is 1.47 bits per heavy atom. The number of thiophene rings is 1. The predicted molar refractivity (Wildman–Crippen MR) is 123 cm³/mol. The molecule has 32 heavy (non-hydrogen) atoms. The number of aliphatic hydroxyl groups is 1. The van der Waals surface area contributed by atoms with E-state index in [4.69, 9.17) is 18.9 Å². The molecule has 2 N–H and O–H groups in total. The SMILES string of the molecule is COCCN(Cc1nc2sc3c(c2c(=O)[nH]1)CCC(C)C3)CC(O)COCc1ccco1. The summed E-state index contributed by atoms with van der Waals surface area (Å²) in [6.07, 6.45) is 3.99. The number of fused-ring (bicyclic) bond motifs is 3. The van der Waals surface area contributed by atoms with Gasteiger partial charge in [-0.1, -0.05) is 6.92 Å². The average Bonchev–Trinajstić information content (AvgIpc) is 3.39. The Kier molecular flexibility index (Phi) is 7.75. The van der Waals surface area contributed by atoms with E-state index in [1.807, 2.05) is 11.0 Å². The van der Waals surface area contributed by atoms with Gasteiger partial charge in [-0.2, -0.15) is 0 Å². The average molecular weight is 462 g/mol. The van der Waals surface area contributed by atoms with E-state index < -0.39 is 6.10 Å². The van der Waals surface area contributed by atoms with Crippen molar-refractivity contribution in [2.45, 2.75) is 45.4 Å². The molecule has 0 radical (unpaired) electrons. The smallest absolute Gasteiger partial charge is 0.259 e. The molecule has 0 bridgehead atoms. The van der Waals surface area contributed by atoms with Crippen LogP contribution in [0, 0.1) is 5.92 Å². The maximum atomic E-state index is 12.9. The maximum Gasteiger partial charge on any atom is 0.259 e. The lowest BCUT2D eigenvalue weighted by Crippen LogP contribution is -2.37. The number of nitrogens with zero attached hydrogens (tertiary/aromatic N) is 2. The Bertz CT molecular complexity index is 1060. The summed E-state index contributed by atoms with van der Waals surface area (Å²) < 4.78 is 16.0. The number of aromatic nitrogens is 2. The molecular weight excluding hydrogens is 430 g/mol. The van der Waals surface area contributed by atoms with Crippen molar-refractivity contribution < 1.29 is 19.0 Å². The first-order valence-corrected chi connectivity index (χ1v) is 11.9. The molecule has 174 valence electrons. The molecule has 0 saturated heterocycles. The molecule has 9 heteroatoms. The summed E-state index contributed by atoms with van der Waals surface area (Å²) in [7, 11) is 1.64. The summed E-state index contributed by atoms with van der Waals surface area (Å²) >= 11 is 1.65. The number of rotatable bonds is 11. The normalized spacial score (nSPS) is 17.2. The lowest BCUT2D eigenvalue weighted by molar-refractivity contribution is 0.0000994. The van der Waals surface area contributed by atoms with Crippen LogP contribution in [0.5, 0.6) is 0 Å². The second kappa shape index (κ2) is 10.7. The third kappa shape index (κ3) is 5.65. The zero-order valence-electron chi connectivity index (χ0n) is 18.6. The minimum Gasteiger partial charge on any atom is -0.467 e. The van der Waals surface area contributed by atoms with Gasteiger partial charge in [-0.3, -0.25) is 9.69 Å².